The number of halogens is 1. The number of ether oxygens (including phenoxy) is 15. The summed E-state index contributed by atoms with van der Waals surface area (Å²) in [7, 11) is 17.0. The summed E-state index contributed by atoms with van der Waals surface area (Å²) in [4.78, 5) is 0. The molecule has 3 aromatic rings. The van der Waals surface area contributed by atoms with Gasteiger partial charge in [0.25, 0.3) is 7.38 Å². The molecule has 0 radical (unpaired) electrons. The Balaban J connectivity index is 3.10. The maximum Gasteiger partial charge on any atom is 0.271 e. The molecular formula is C33H45ClO15Si. The van der Waals surface area contributed by atoms with Crippen LogP contribution in [0.15, 0.2) is 0 Å². The summed E-state index contributed by atoms with van der Waals surface area (Å²) in [6.07, 6.45) is 0. The van der Waals surface area contributed by atoms with E-state index in [-0.39, 0.29) is 102 Å². The van der Waals surface area contributed by atoms with E-state index in [9.17, 15) is 0 Å². The van der Waals surface area contributed by atoms with E-state index >= 15 is 0 Å². The van der Waals surface area contributed by atoms with Gasteiger partial charge in [0.1, 0.15) is 0 Å². The molecule has 0 atom stereocenters. The second-order valence-electron chi connectivity index (χ2n) is 9.78. The third-order valence-electron chi connectivity index (χ3n) is 7.93. The third kappa shape index (κ3) is 5.79. The SMILES string of the molecule is COc1c(OC)c(OC)c([Si](Cl)(c2c(OC)c(OC)c(OC)c(OC)c2OC)c2c(OC)c(OC)c(OC)c(OC)c2OC)c(OC)c1OC. The molecule has 0 N–H and O–H groups in total. The molecule has 0 aliphatic carbocycles. The third-order valence-corrected chi connectivity index (χ3v) is 13.1. The summed E-state index contributed by atoms with van der Waals surface area (Å²) < 4.78 is 89.4. The smallest absolute Gasteiger partial charge is 0.271 e. The van der Waals surface area contributed by atoms with E-state index in [1.165, 1.54) is 107 Å². The van der Waals surface area contributed by atoms with Crippen molar-refractivity contribution in [2.45, 2.75) is 0 Å². The Kier molecular flexibility index (Phi) is 13.2. The summed E-state index contributed by atoms with van der Waals surface area (Å²) in [6.45, 7) is 0. The first-order chi connectivity index (χ1) is 24.1. The summed E-state index contributed by atoms with van der Waals surface area (Å²) in [5, 5.41) is 0.612. The fourth-order valence-electron chi connectivity index (χ4n) is 6.07. The van der Waals surface area contributed by atoms with E-state index in [0.717, 1.165) is 0 Å². The van der Waals surface area contributed by atoms with Gasteiger partial charge in [-0.05, 0) is 0 Å². The highest BCUT2D eigenvalue weighted by Crippen LogP contribution is 2.56. The second-order valence-corrected chi connectivity index (χ2v) is 14.3. The van der Waals surface area contributed by atoms with Crippen LogP contribution >= 0.6 is 11.1 Å². The lowest BCUT2D eigenvalue weighted by atomic mass is 10.2. The monoisotopic (exact) mass is 744 g/mol. The molecular weight excluding hydrogens is 700 g/mol. The van der Waals surface area contributed by atoms with Gasteiger partial charge in [-0.15, -0.1) is 11.1 Å². The van der Waals surface area contributed by atoms with Gasteiger partial charge < -0.3 is 71.1 Å². The first-order valence-corrected chi connectivity index (χ1v) is 17.6. The summed E-state index contributed by atoms with van der Waals surface area (Å²) in [5.41, 5.74) is 0. The molecule has 0 fully saturated rings. The van der Waals surface area contributed by atoms with Crippen molar-refractivity contribution < 1.29 is 71.1 Å². The molecule has 0 aliphatic heterocycles. The van der Waals surface area contributed by atoms with Gasteiger partial charge in [-0.3, -0.25) is 0 Å². The van der Waals surface area contributed by atoms with Crippen LogP contribution in [0.25, 0.3) is 0 Å². The standard InChI is InChI=1S/C33H45ClO15Si/c1-35-16-19(38-4)25(44-10)31(26(45-11)20(16)39-5)50(34,32-27(46-12)21(40-6)17(36-2)22(41-7)28(32)47-13)33-29(48-14)23(42-8)18(37-3)24(43-9)30(33)49-15/h1-15H3. The summed E-state index contributed by atoms with van der Waals surface area (Å²) >= 11 is 8.48. The van der Waals surface area contributed by atoms with Crippen LogP contribution in [0.4, 0.5) is 0 Å². The largest absolute Gasteiger partial charge is 0.493 e. The van der Waals surface area contributed by atoms with Crippen molar-refractivity contribution in [3.05, 3.63) is 0 Å². The van der Waals surface area contributed by atoms with Crippen LogP contribution in [0.2, 0.25) is 0 Å². The minimum atomic E-state index is -4.59. The van der Waals surface area contributed by atoms with Crippen molar-refractivity contribution in [2.24, 2.45) is 0 Å². The van der Waals surface area contributed by atoms with E-state index in [4.69, 9.17) is 82.1 Å². The van der Waals surface area contributed by atoms with Crippen LogP contribution in [0.3, 0.4) is 0 Å². The van der Waals surface area contributed by atoms with Gasteiger partial charge in [-0.25, -0.2) is 0 Å². The lowest BCUT2D eigenvalue weighted by Crippen LogP contribution is -2.64. The van der Waals surface area contributed by atoms with Crippen LogP contribution < -0.4 is 86.6 Å². The molecule has 0 heterocycles. The van der Waals surface area contributed by atoms with E-state index in [2.05, 4.69) is 0 Å². The average Bonchev–Trinajstić information content (AvgIpc) is 3.16. The highest BCUT2D eigenvalue weighted by atomic mass is 35.6. The Morgan fingerprint density at radius 1 is 0.220 bits per heavy atom. The number of hydrogen-bond acceptors (Lipinski definition) is 15. The van der Waals surface area contributed by atoms with E-state index in [0.29, 0.717) is 0 Å². The Hall–Kier alpha value is -4.83. The van der Waals surface area contributed by atoms with Crippen LogP contribution in [0.1, 0.15) is 0 Å². The zero-order chi connectivity index (χ0) is 37.5. The summed E-state index contributed by atoms with van der Waals surface area (Å²) in [6, 6.07) is 0. The van der Waals surface area contributed by atoms with Gasteiger partial charge in [-0.2, -0.15) is 0 Å². The van der Waals surface area contributed by atoms with Gasteiger partial charge in [0.15, 0.2) is 34.5 Å². The Labute approximate surface area is 297 Å². The Bertz CT molecular complexity index is 1390. The van der Waals surface area contributed by atoms with Gasteiger partial charge in [0, 0.05) is 0 Å². The van der Waals surface area contributed by atoms with Crippen molar-refractivity contribution in [1.29, 1.82) is 0 Å². The molecule has 0 aromatic heterocycles. The normalized spacial score (nSPS) is 10.8. The van der Waals surface area contributed by atoms with E-state index in [1.807, 2.05) is 0 Å². The van der Waals surface area contributed by atoms with Gasteiger partial charge in [-0.1, -0.05) is 0 Å². The molecule has 0 saturated carbocycles. The molecule has 278 valence electrons. The maximum absolute atomic E-state index is 8.48. The predicted octanol–water partition coefficient (Wildman–Crippen LogP) is 3.02. The molecule has 0 spiro atoms. The molecule has 50 heavy (non-hydrogen) atoms. The van der Waals surface area contributed by atoms with Crippen molar-refractivity contribution in [3.8, 4) is 86.2 Å². The quantitative estimate of drug-likeness (QED) is 0.107. The second kappa shape index (κ2) is 16.7. The molecule has 0 aliphatic rings. The highest BCUT2D eigenvalue weighted by molar-refractivity contribution is 7.42. The molecule has 0 bridgehead atoms. The van der Waals surface area contributed by atoms with Gasteiger partial charge in [0.05, 0.1) is 122 Å². The van der Waals surface area contributed by atoms with Crippen molar-refractivity contribution in [2.75, 3.05) is 107 Å². The lowest BCUT2D eigenvalue weighted by molar-refractivity contribution is 0.291. The number of benzene rings is 3. The van der Waals surface area contributed by atoms with E-state index in [1.54, 1.807) is 0 Å². The maximum atomic E-state index is 8.48. The first kappa shape index (κ1) is 39.6. The Morgan fingerprint density at radius 2 is 0.320 bits per heavy atom. The highest BCUT2D eigenvalue weighted by Gasteiger charge is 2.56. The number of hydrogen-bond donors (Lipinski definition) is 0. The van der Waals surface area contributed by atoms with Gasteiger partial charge >= 0.3 is 0 Å². The molecule has 0 unspecified atom stereocenters. The average molecular weight is 745 g/mol. The molecule has 17 heteroatoms. The predicted molar refractivity (Wildman–Crippen MR) is 188 cm³/mol. The molecule has 0 saturated heterocycles. The van der Waals surface area contributed by atoms with Crippen molar-refractivity contribution in [3.63, 3.8) is 0 Å². The van der Waals surface area contributed by atoms with Crippen LogP contribution in [-0.4, -0.2) is 114 Å². The zero-order valence-corrected chi connectivity index (χ0v) is 32.8. The van der Waals surface area contributed by atoms with Crippen LogP contribution in [0, 0.1) is 0 Å². The summed E-state index contributed by atoms with van der Waals surface area (Å²) in [5.74, 6) is 1.79. The lowest BCUT2D eigenvalue weighted by Gasteiger charge is -2.36. The zero-order valence-electron chi connectivity index (χ0n) is 31.0. The van der Waals surface area contributed by atoms with Crippen LogP contribution in [0.5, 0.6) is 86.2 Å². The van der Waals surface area contributed by atoms with Crippen LogP contribution in [-0.2, 0) is 0 Å². The molecule has 0 amide bonds. The number of methoxy groups -OCH3 is 15. The topological polar surface area (TPSA) is 138 Å². The minimum absolute atomic E-state index is 0.0967. The molecule has 3 aromatic carbocycles. The fourth-order valence-corrected chi connectivity index (χ4v) is 11.5. The minimum Gasteiger partial charge on any atom is -0.493 e. The number of rotatable bonds is 18. The van der Waals surface area contributed by atoms with E-state index < -0.39 is 7.38 Å². The van der Waals surface area contributed by atoms with Gasteiger partial charge in [0.2, 0.25) is 51.7 Å². The fraction of sp³-hybridized carbons (Fsp3) is 0.455. The van der Waals surface area contributed by atoms with Crippen molar-refractivity contribution >= 4 is 34.0 Å². The van der Waals surface area contributed by atoms with Crippen molar-refractivity contribution in [1.82, 2.24) is 0 Å². The Morgan fingerprint density at radius 3 is 0.420 bits per heavy atom. The molecule has 15 nitrogen and oxygen atoms in total. The molecule has 3 rings (SSSR count). The first-order valence-electron chi connectivity index (χ1n) is 14.6.